The summed E-state index contributed by atoms with van der Waals surface area (Å²) >= 11 is 0. The first-order chi connectivity index (χ1) is 16.1. The second-order valence-electron chi connectivity index (χ2n) is 8.18. The number of sulfonamides is 1. The van der Waals surface area contributed by atoms with E-state index in [-0.39, 0.29) is 28.3 Å². The molecule has 0 saturated carbocycles. The molecule has 11 heteroatoms. The number of unbranched alkanes of at least 4 members (excludes halogenated alkanes) is 1. The van der Waals surface area contributed by atoms with Crippen molar-refractivity contribution in [3.63, 3.8) is 0 Å². The number of ether oxygens (including phenoxy) is 1. The predicted molar refractivity (Wildman–Crippen MR) is 128 cm³/mol. The van der Waals surface area contributed by atoms with Crippen molar-refractivity contribution < 1.29 is 27.4 Å². The minimum absolute atomic E-state index is 0.0860. The molecule has 0 radical (unpaired) electrons. The number of hydrogen-bond donors (Lipinski definition) is 1. The number of likely N-dealkylation sites (N-methyl/N-ethyl adjacent to an activating group) is 1. The molecular formula is C23H29FN4O5S. The quantitative estimate of drug-likeness (QED) is 0.439. The number of hydrogen-bond acceptors (Lipinski definition) is 7. The van der Waals surface area contributed by atoms with Gasteiger partial charge in [0.05, 0.1) is 0 Å². The molecule has 1 aliphatic heterocycles. The highest BCUT2D eigenvalue weighted by Gasteiger charge is 2.38. The third-order valence-corrected chi connectivity index (χ3v) is 7.52. The lowest BCUT2D eigenvalue weighted by molar-refractivity contribution is -0.134. The van der Waals surface area contributed by atoms with E-state index in [1.54, 1.807) is 19.0 Å². The number of halogens is 1. The second kappa shape index (κ2) is 10.4. The molecule has 0 saturated heterocycles. The summed E-state index contributed by atoms with van der Waals surface area (Å²) < 4.78 is 47.5. The zero-order valence-corrected chi connectivity index (χ0v) is 20.4. The molecule has 2 aromatic rings. The van der Waals surface area contributed by atoms with Gasteiger partial charge in [-0.3, -0.25) is 0 Å². The van der Waals surface area contributed by atoms with Gasteiger partial charge in [0.15, 0.2) is 17.4 Å². The van der Waals surface area contributed by atoms with Gasteiger partial charge in [0.2, 0.25) is 15.9 Å². The van der Waals surface area contributed by atoms with Crippen LogP contribution in [0.5, 0.6) is 5.75 Å². The number of rotatable bonds is 8. The van der Waals surface area contributed by atoms with Crippen LogP contribution in [-0.4, -0.2) is 62.5 Å². The highest BCUT2D eigenvalue weighted by molar-refractivity contribution is 7.89. The van der Waals surface area contributed by atoms with E-state index in [4.69, 9.17) is 9.84 Å². The number of para-hydroxylation sites is 1. The summed E-state index contributed by atoms with van der Waals surface area (Å²) in [5.41, 5.74) is 0.776. The molecule has 34 heavy (non-hydrogen) atoms. The minimum Gasteiger partial charge on any atom is -0.476 e. The van der Waals surface area contributed by atoms with E-state index in [1.165, 1.54) is 17.4 Å². The van der Waals surface area contributed by atoms with Crippen LogP contribution >= 0.6 is 0 Å². The topological polar surface area (TPSA) is 103 Å². The first-order valence-electron chi connectivity index (χ1n) is 10.9. The minimum atomic E-state index is -4.00. The number of fused-ring (bicyclic) bond motifs is 1. The summed E-state index contributed by atoms with van der Waals surface area (Å²) in [4.78, 5) is 18.8. The molecular weight excluding hydrogens is 463 g/mol. The van der Waals surface area contributed by atoms with Gasteiger partial charge in [0, 0.05) is 45.5 Å². The summed E-state index contributed by atoms with van der Waals surface area (Å²) in [6, 6.07) is 10.3. The van der Waals surface area contributed by atoms with E-state index >= 15 is 0 Å². The molecule has 0 aliphatic carbocycles. The lowest BCUT2D eigenvalue weighted by atomic mass is 10.1. The summed E-state index contributed by atoms with van der Waals surface area (Å²) in [6.45, 7) is 2.44. The van der Waals surface area contributed by atoms with Crippen LogP contribution in [0.25, 0.3) is 0 Å². The van der Waals surface area contributed by atoms with Crippen molar-refractivity contribution in [3.05, 3.63) is 48.5 Å². The largest absolute Gasteiger partial charge is 0.476 e. The number of carbonyl (C=O) groups is 1. The summed E-state index contributed by atoms with van der Waals surface area (Å²) in [7, 11) is 0.890. The Morgan fingerprint density at radius 2 is 2.00 bits per heavy atom. The van der Waals surface area contributed by atoms with Gasteiger partial charge in [-0.05, 0) is 18.6 Å². The number of anilines is 3. The number of pyridine rings is 1. The molecule has 3 rings (SSSR count). The monoisotopic (exact) mass is 492 g/mol. The van der Waals surface area contributed by atoms with Crippen molar-refractivity contribution in [3.8, 4) is 5.75 Å². The van der Waals surface area contributed by atoms with Crippen LogP contribution in [0, 0.1) is 0 Å². The number of carboxylic acid groups (broad SMARTS) is 1. The SMILES string of the molecule is CCCCC1CN(c2ccccc2)c2nc(N(C)C)c(O/C=C(\F)C(=O)O)cc2S(=O)(=O)N1C. The first-order valence-corrected chi connectivity index (χ1v) is 12.3. The zero-order valence-electron chi connectivity index (χ0n) is 19.6. The fourth-order valence-electron chi connectivity index (χ4n) is 3.73. The molecule has 0 fully saturated rings. The maximum Gasteiger partial charge on any atom is 0.368 e. The molecule has 1 aromatic carbocycles. The Bertz CT molecular complexity index is 1170. The highest BCUT2D eigenvalue weighted by atomic mass is 32.2. The number of benzene rings is 1. The first kappa shape index (κ1) is 25.4. The lowest BCUT2D eigenvalue weighted by Crippen LogP contribution is -2.40. The summed E-state index contributed by atoms with van der Waals surface area (Å²) in [5, 5.41) is 8.79. The lowest BCUT2D eigenvalue weighted by Gasteiger charge is -2.29. The Kier molecular flexibility index (Phi) is 7.78. The van der Waals surface area contributed by atoms with E-state index in [1.807, 2.05) is 42.2 Å². The second-order valence-corrected chi connectivity index (χ2v) is 10.1. The number of nitrogens with zero attached hydrogens (tertiary/aromatic N) is 4. The van der Waals surface area contributed by atoms with Gasteiger partial charge >= 0.3 is 5.97 Å². The molecule has 0 bridgehead atoms. The van der Waals surface area contributed by atoms with Crippen LogP contribution in [0.3, 0.4) is 0 Å². The van der Waals surface area contributed by atoms with Crippen molar-refractivity contribution in [1.29, 1.82) is 0 Å². The van der Waals surface area contributed by atoms with E-state index in [0.717, 1.165) is 18.5 Å². The molecule has 1 aliphatic rings. The van der Waals surface area contributed by atoms with Gasteiger partial charge in [0.25, 0.3) is 0 Å². The van der Waals surface area contributed by atoms with Crippen LogP contribution in [0.2, 0.25) is 0 Å². The van der Waals surface area contributed by atoms with Gasteiger partial charge in [-0.1, -0.05) is 38.0 Å². The third-order valence-electron chi connectivity index (χ3n) is 5.61. The van der Waals surface area contributed by atoms with E-state index in [9.17, 15) is 17.6 Å². The summed E-state index contributed by atoms with van der Waals surface area (Å²) in [5.74, 6) is -2.97. The number of aliphatic carboxylic acids is 1. The normalized spacial score (nSPS) is 18.2. The zero-order chi connectivity index (χ0) is 25.0. The predicted octanol–water partition coefficient (Wildman–Crippen LogP) is 3.75. The Balaban J connectivity index is 2.25. The van der Waals surface area contributed by atoms with Crippen molar-refractivity contribution in [2.24, 2.45) is 0 Å². The van der Waals surface area contributed by atoms with Crippen LogP contribution in [0.4, 0.5) is 21.7 Å². The highest BCUT2D eigenvalue weighted by Crippen LogP contribution is 2.41. The van der Waals surface area contributed by atoms with E-state index in [2.05, 4.69) is 4.98 Å². The fourth-order valence-corrected chi connectivity index (χ4v) is 5.24. The van der Waals surface area contributed by atoms with Gasteiger partial charge in [0.1, 0.15) is 11.2 Å². The smallest absolute Gasteiger partial charge is 0.368 e. The van der Waals surface area contributed by atoms with Gasteiger partial charge < -0.3 is 19.6 Å². The Morgan fingerprint density at radius 3 is 2.59 bits per heavy atom. The average Bonchev–Trinajstić information content (AvgIpc) is 2.89. The molecule has 1 aromatic heterocycles. The maximum atomic E-state index is 13.7. The molecule has 1 atom stereocenters. The van der Waals surface area contributed by atoms with Crippen LogP contribution in [-0.2, 0) is 14.8 Å². The molecule has 1 unspecified atom stereocenters. The Hall–Kier alpha value is -3.18. The molecule has 1 N–H and O–H groups in total. The Labute approximate surface area is 199 Å². The van der Waals surface area contributed by atoms with Crippen molar-refractivity contribution in [2.75, 3.05) is 37.5 Å². The van der Waals surface area contributed by atoms with Crippen LogP contribution in [0.1, 0.15) is 26.2 Å². The fraction of sp³-hybridized carbons (Fsp3) is 0.391. The van der Waals surface area contributed by atoms with Crippen LogP contribution < -0.4 is 14.5 Å². The third kappa shape index (κ3) is 5.15. The average molecular weight is 493 g/mol. The van der Waals surface area contributed by atoms with E-state index < -0.39 is 21.8 Å². The molecule has 0 amide bonds. The summed E-state index contributed by atoms with van der Waals surface area (Å²) in [6.07, 6.45) is 2.86. The standard InChI is InChI=1S/C23H29FN4O5S/c1-5-6-10-17-14-28(16-11-8-7-9-12-16)22-20(34(31,32)27(17)4)13-19(21(25-22)26(2)3)33-15-18(24)23(29)30/h7-9,11-13,15,17H,5-6,10,14H2,1-4H3,(H,29,30)/b18-15-. The van der Waals surface area contributed by atoms with Gasteiger partial charge in [-0.2, -0.15) is 8.70 Å². The molecule has 184 valence electrons. The van der Waals surface area contributed by atoms with Crippen LogP contribution in [0.15, 0.2) is 53.4 Å². The van der Waals surface area contributed by atoms with Crippen molar-refractivity contribution in [2.45, 2.75) is 37.1 Å². The van der Waals surface area contributed by atoms with E-state index in [0.29, 0.717) is 19.2 Å². The van der Waals surface area contributed by atoms with Crippen molar-refractivity contribution in [1.82, 2.24) is 9.29 Å². The van der Waals surface area contributed by atoms with Gasteiger partial charge in [-0.15, -0.1) is 0 Å². The van der Waals surface area contributed by atoms with Gasteiger partial charge in [-0.25, -0.2) is 18.2 Å². The Morgan fingerprint density at radius 1 is 1.32 bits per heavy atom. The molecule has 2 heterocycles. The van der Waals surface area contributed by atoms with Crippen molar-refractivity contribution >= 4 is 33.3 Å². The molecule has 0 spiro atoms. The maximum absolute atomic E-state index is 13.7. The number of aromatic nitrogens is 1. The number of carboxylic acids is 1. The molecule has 9 nitrogen and oxygen atoms in total.